The number of rotatable bonds is 3. The molecule has 1 aromatic carbocycles. The first-order chi connectivity index (χ1) is 7.29. The Bertz CT molecular complexity index is 374. The van der Waals surface area contributed by atoms with Gasteiger partial charge in [-0.1, -0.05) is 0 Å². The first kappa shape index (κ1) is 13.0. The number of nitrogens with one attached hydrogen (secondary N) is 1. The Balaban J connectivity index is 2.64. The highest BCUT2D eigenvalue weighted by Crippen LogP contribution is 2.14. The van der Waals surface area contributed by atoms with Gasteiger partial charge in [-0.3, -0.25) is 4.84 Å². The highest BCUT2D eigenvalue weighted by molar-refractivity contribution is 5.19. The molecule has 0 radical (unpaired) electrons. The van der Waals surface area contributed by atoms with Crippen molar-refractivity contribution in [3.63, 3.8) is 0 Å². The molecular weight excluding hydrogens is 219 g/mol. The summed E-state index contributed by atoms with van der Waals surface area (Å²) in [7, 11) is 0. The van der Waals surface area contributed by atoms with E-state index in [9.17, 15) is 13.2 Å². The average Bonchev–Trinajstić information content (AvgIpc) is 2.11. The van der Waals surface area contributed by atoms with Crippen molar-refractivity contribution in [2.75, 3.05) is 0 Å². The van der Waals surface area contributed by atoms with Crippen molar-refractivity contribution in [2.24, 2.45) is 0 Å². The molecule has 0 aliphatic rings. The standard InChI is InChI=1S/C11H14F3NO/c1-11(2,3)16-15-6-7-4-9(13)10(14)5-8(7)12/h4-5,15H,6H2,1-3H3. The molecule has 16 heavy (non-hydrogen) atoms. The Labute approximate surface area is 92.4 Å². The summed E-state index contributed by atoms with van der Waals surface area (Å²) in [5.74, 6) is -3.07. The quantitative estimate of drug-likeness (QED) is 0.640. The first-order valence-electron chi connectivity index (χ1n) is 4.84. The molecule has 0 saturated heterocycles. The lowest BCUT2D eigenvalue weighted by molar-refractivity contribution is -0.0760. The molecule has 0 spiro atoms. The Morgan fingerprint density at radius 2 is 1.62 bits per heavy atom. The van der Waals surface area contributed by atoms with Gasteiger partial charge in [0.1, 0.15) is 5.82 Å². The van der Waals surface area contributed by atoms with E-state index in [0.717, 1.165) is 6.07 Å². The second-order valence-electron chi connectivity index (χ2n) is 4.39. The predicted octanol–water partition coefficient (Wildman–Crippen LogP) is 2.92. The maximum Gasteiger partial charge on any atom is 0.161 e. The first-order valence-corrected chi connectivity index (χ1v) is 4.84. The molecule has 0 aliphatic heterocycles. The van der Waals surface area contributed by atoms with Gasteiger partial charge in [0, 0.05) is 18.2 Å². The molecule has 1 N–H and O–H groups in total. The van der Waals surface area contributed by atoms with Crippen molar-refractivity contribution in [2.45, 2.75) is 32.9 Å². The molecule has 1 aromatic rings. The smallest absolute Gasteiger partial charge is 0.161 e. The minimum atomic E-state index is -1.20. The third-order valence-electron chi connectivity index (χ3n) is 1.73. The zero-order valence-corrected chi connectivity index (χ0v) is 9.40. The topological polar surface area (TPSA) is 21.3 Å². The van der Waals surface area contributed by atoms with Crippen LogP contribution in [0.4, 0.5) is 13.2 Å². The summed E-state index contributed by atoms with van der Waals surface area (Å²) in [5, 5.41) is 0. The van der Waals surface area contributed by atoms with Crippen LogP contribution in [0.5, 0.6) is 0 Å². The fraction of sp³-hybridized carbons (Fsp3) is 0.455. The summed E-state index contributed by atoms with van der Waals surface area (Å²) in [6, 6.07) is 1.33. The van der Waals surface area contributed by atoms with Gasteiger partial charge < -0.3 is 0 Å². The molecule has 90 valence electrons. The maximum atomic E-state index is 13.1. The summed E-state index contributed by atoms with van der Waals surface area (Å²) in [6.45, 7) is 5.39. The Kier molecular flexibility index (Phi) is 3.93. The lowest BCUT2D eigenvalue weighted by atomic mass is 10.2. The second kappa shape index (κ2) is 4.84. The van der Waals surface area contributed by atoms with Crippen LogP contribution >= 0.6 is 0 Å². The van der Waals surface area contributed by atoms with Crippen LogP contribution in [0.25, 0.3) is 0 Å². The molecule has 0 amide bonds. The van der Waals surface area contributed by atoms with Gasteiger partial charge in [-0.25, -0.2) is 13.2 Å². The minimum absolute atomic E-state index is 0.0168. The molecule has 0 heterocycles. The van der Waals surface area contributed by atoms with Crippen molar-refractivity contribution in [3.8, 4) is 0 Å². The van der Waals surface area contributed by atoms with E-state index in [0.29, 0.717) is 6.07 Å². The fourth-order valence-electron chi connectivity index (χ4n) is 1.03. The van der Waals surface area contributed by atoms with Gasteiger partial charge in [-0.05, 0) is 26.8 Å². The largest absolute Gasteiger partial charge is 0.296 e. The zero-order valence-electron chi connectivity index (χ0n) is 9.40. The highest BCUT2D eigenvalue weighted by Gasteiger charge is 2.12. The van der Waals surface area contributed by atoms with Crippen molar-refractivity contribution in [3.05, 3.63) is 35.1 Å². The second-order valence-corrected chi connectivity index (χ2v) is 4.39. The fourth-order valence-corrected chi connectivity index (χ4v) is 1.03. The molecule has 0 aromatic heterocycles. The van der Waals surface area contributed by atoms with Crippen LogP contribution in [0.15, 0.2) is 12.1 Å². The van der Waals surface area contributed by atoms with Gasteiger partial charge in [0.15, 0.2) is 11.6 Å². The number of hydrogen-bond acceptors (Lipinski definition) is 2. The molecular formula is C11H14F3NO. The van der Waals surface area contributed by atoms with E-state index in [-0.39, 0.29) is 12.1 Å². The van der Waals surface area contributed by atoms with Gasteiger partial charge in [0.25, 0.3) is 0 Å². The maximum absolute atomic E-state index is 13.1. The molecule has 1 rings (SSSR count). The molecule has 0 aliphatic carbocycles. The molecule has 5 heteroatoms. The van der Waals surface area contributed by atoms with Gasteiger partial charge in [0.05, 0.1) is 5.60 Å². The van der Waals surface area contributed by atoms with Crippen molar-refractivity contribution in [1.29, 1.82) is 0 Å². The Morgan fingerprint density at radius 1 is 1.06 bits per heavy atom. The Morgan fingerprint density at radius 3 is 2.19 bits per heavy atom. The lowest BCUT2D eigenvalue weighted by Crippen LogP contribution is -2.29. The van der Waals surface area contributed by atoms with E-state index in [1.807, 2.05) is 20.8 Å². The van der Waals surface area contributed by atoms with E-state index < -0.39 is 23.1 Å². The summed E-state index contributed by atoms with van der Waals surface area (Å²) < 4.78 is 38.6. The number of benzene rings is 1. The number of hydroxylamine groups is 1. The van der Waals surface area contributed by atoms with Crippen LogP contribution in [-0.4, -0.2) is 5.60 Å². The van der Waals surface area contributed by atoms with E-state index in [1.165, 1.54) is 0 Å². The monoisotopic (exact) mass is 233 g/mol. The van der Waals surface area contributed by atoms with E-state index in [1.54, 1.807) is 0 Å². The van der Waals surface area contributed by atoms with Gasteiger partial charge >= 0.3 is 0 Å². The minimum Gasteiger partial charge on any atom is -0.296 e. The van der Waals surface area contributed by atoms with Crippen LogP contribution < -0.4 is 5.48 Å². The van der Waals surface area contributed by atoms with Gasteiger partial charge in [0.2, 0.25) is 0 Å². The van der Waals surface area contributed by atoms with Crippen molar-refractivity contribution in [1.82, 2.24) is 5.48 Å². The molecule has 0 unspecified atom stereocenters. The zero-order chi connectivity index (χ0) is 12.3. The molecule has 2 nitrogen and oxygen atoms in total. The third-order valence-corrected chi connectivity index (χ3v) is 1.73. The number of halogens is 3. The van der Waals surface area contributed by atoms with Crippen LogP contribution in [-0.2, 0) is 11.4 Å². The summed E-state index contributed by atoms with van der Waals surface area (Å²) in [4.78, 5) is 5.13. The summed E-state index contributed by atoms with van der Waals surface area (Å²) >= 11 is 0. The van der Waals surface area contributed by atoms with Gasteiger partial charge in [-0.15, -0.1) is 0 Å². The molecule has 0 fully saturated rings. The molecule has 0 bridgehead atoms. The summed E-state index contributed by atoms with van der Waals surface area (Å²) in [5.41, 5.74) is 2.08. The van der Waals surface area contributed by atoms with E-state index in [4.69, 9.17) is 4.84 Å². The van der Waals surface area contributed by atoms with Crippen LogP contribution in [0, 0.1) is 17.5 Å². The lowest BCUT2D eigenvalue weighted by Gasteiger charge is -2.19. The van der Waals surface area contributed by atoms with Crippen LogP contribution in [0.2, 0.25) is 0 Å². The highest BCUT2D eigenvalue weighted by atomic mass is 19.2. The molecule has 0 atom stereocenters. The van der Waals surface area contributed by atoms with E-state index >= 15 is 0 Å². The Hall–Kier alpha value is -1.07. The normalized spacial score (nSPS) is 11.9. The van der Waals surface area contributed by atoms with Gasteiger partial charge in [-0.2, -0.15) is 5.48 Å². The van der Waals surface area contributed by atoms with Crippen molar-refractivity contribution < 1.29 is 18.0 Å². The molecule has 0 saturated carbocycles. The van der Waals surface area contributed by atoms with E-state index in [2.05, 4.69) is 5.48 Å². The SMILES string of the molecule is CC(C)(C)ONCc1cc(F)c(F)cc1F. The van der Waals surface area contributed by atoms with Crippen LogP contribution in [0.1, 0.15) is 26.3 Å². The third kappa shape index (κ3) is 3.83. The van der Waals surface area contributed by atoms with Crippen molar-refractivity contribution >= 4 is 0 Å². The average molecular weight is 233 g/mol. The predicted molar refractivity (Wildman–Crippen MR) is 54.0 cm³/mol. The van der Waals surface area contributed by atoms with Crippen LogP contribution in [0.3, 0.4) is 0 Å². The summed E-state index contributed by atoms with van der Waals surface area (Å²) in [6.07, 6.45) is 0. The number of hydrogen-bond donors (Lipinski definition) is 1.